The number of hydrogen-bond acceptors (Lipinski definition) is 3. The first-order chi connectivity index (χ1) is 10.3. The highest BCUT2D eigenvalue weighted by molar-refractivity contribution is 5.29. The molecule has 2 unspecified atom stereocenters. The number of ether oxygens (including phenoxy) is 1. The maximum atomic E-state index is 5.79. The maximum Gasteiger partial charge on any atom is 0.103 e. The largest absolute Gasteiger partial charge is 0.375 e. The van der Waals surface area contributed by atoms with Crippen LogP contribution in [0.25, 0.3) is 0 Å². The Labute approximate surface area is 127 Å². The number of hydrazine groups is 1. The summed E-state index contributed by atoms with van der Waals surface area (Å²) in [6.07, 6.45) is 2.14. The van der Waals surface area contributed by atoms with E-state index in [2.05, 4.69) is 48.7 Å². The lowest BCUT2D eigenvalue weighted by atomic mass is 9.95. The van der Waals surface area contributed by atoms with E-state index in [0.717, 1.165) is 24.0 Å². The molecule has 3 N–H and O–H groups in total. The van der Waals surface area contributed by atoms with Crippen molar-refractivity contribution in [2.24, 2.45) is 5.84 Å². The molecule has 0 aliphatic rings. The molecule has 2 aromatic rings. The van der Waals surface area contributed by atoms with Crippen molar-refractivity contribution in [2.45, 2.75) is 31.9 Å². The van der Waals surface area contributed by atoms with Crippen LogP contribution >= 0.6 is 0 Å². The standard InChI is InChI=1S/C18H24N2O/c1-3-7-14-10-12-15(13-11-14)17(20-19)18(21-2)16-8-5-4-6-9-16/h4-6,8-13,17-18,20H,3,7,19H2,1-2H3. The van der Waals surface area contributed by atoms with Crippen LogP contribution in [0.15, 0.2) is 54.6 Å². The van der Waals surface area contributed by atoms with Gasteiger partial charge in [-0.2, -0.15) is 0 Å². The molecule has 21 heavy (non-hydrogen) atoms. The molecule has 2 aromatic carbocycles. The van der Waals surface area contributed by atoms with E-state index in [0.29, 0.717) is 0 Å². The number of nitrogens with one attached hydrogen (secondary N) is 1. The van der Waals surface area contributed by atoms with Crippen LogP contribution < -0.4 is 11.3 Å². The maximum absolute atomic E-state index is 5.79. The van der Waals surface area contributed by atoms with Gasteiger partial charge in [-0.05, 0) is 23.1 Å². The molecule has 2 atom stereocenters. The molecular weight excluding hydrogens is 260 g/mol. The van der Waals surface area contributed by atoms with Crippen LogP contribution in [0.2, 0.25) is 0 Å². The zero-order chi connectivity index (χ0) is 15.1. The minimum absolute atomic E-state index is 0.0759. The molecule has 0 amide bonds. The van der Waals surface area contributed by atoms with Crippen molar-refractivity contribution in [3.8, 4) is 0 Å². The minimum atomic E-state index is -0.117. The lowest BCUT2D eigenvalue weighted by Gasteiger charge is -2.26. The van der Waals surface area contributed by atoms with Gasteiger partial charge < -0.3 is 4.74 Å². The van der Waals surface area contributed by atoms with Gasteiger partial charge in [0.25, 0.3) is 0 Å². The molecule has 0 bridgehead atoms. The van der Waals surface area contributed by atoms with Gasteiger partial charge >= 0.3 is 0 Å². The molecule has 0 saturated carbocycles. The molecular formula is C18H24N2O. The van der Waals surface area contributed by atoms with E-state index in [1.165, 1.54) is 5.56 Å². The Morgan fingerprint density at radius 1 is 1.00 bits per heavy atom. The second-order valence-electron chi connectivity index (χ2n) is 5.20. The van der Waals surface area contributed by atoms with Crippen molar-refractivity contribution in [2.75, 3.05) is 7.11 Å². The van der Waals surface area contributed by atoms with Crippen molar-refractivity contribution >= 4 is 0 Å². The van der Waals surface area contributed by atoms with Crippen molar-refractivity contribution in [1.82, 2.24) is 5.43 Å². The van der Waals surface area contributed by atoms with Gasteiger partial charge in [0.2, 0.25) is 0 Å². The minimum Gasteiger partial charge on any atom is -0.375 e. The van der Waals surface area contributed by atoms with E-state index in [1.807, 2.05) is 18.2 Å². The zero-order valence-electron chi connectivity index (χ0n) is 12.8. The second-order valence-corrected chi connectivity index (χ2v) is 5.20. The second kappa shape index (κ2) is 7.93. The zero-order valence-corrected chi connectivity index (χ0v) is 12.8. The monoisotopic (exact) mass is 284 g/mol. The van der Waals surface area contributed by atoms with Crippen LogP contribution in [0, 0.1) is 0 Å². The highest BCUT2D eigenvalue weighted by Gasteiger charge is 2.23. The Morgan fingerprint density at radius 2 is 1.67 bits per heavy atom. The predicted octanol–water partition coefficient (Wildman–Crippen LogP) is 3.53. The van der Waals surface area contributed by atoms with Gasteiger partial charge in [0.1, 0.15) is 6.10 Å². The Kier molecular flexibility index (Phi) is 5.93. The molecule has 0 heterocycles. The molecule has 3 heteroatoms. The Hall–Kier alpha value is -1.68. The van der Waals surface area contributed by atoms with Gasteiger partial charge in [0, 0.05) is 7.11 Å². The average Bonchev–Trinajstić information content (AvgIpc) is 2.54. The van der Waals surface area contributed by atoms with E-state index in [1.54, 1.807) is 7.11 Å². The topological polar surface area (TPSA) is 47.3 Å². The third-order valence-corrected chi connectivity index (χ3v) is 3.74. The first kappa shape index (κ1) is 15.7. The first-order valence-corrected chi connectivity index (χ1v) is 7.42. The molecule has 3 nitrogen and oxygen atoms in total. The van der Waals surface area contributed by atoms with Crippen molar-refractivity contribution in [3.05, 3.63) is 71.3 Å². The summed E-state index contributed by atoms with van der Waals surface area (Å²) in [4.78, 5) is 0. The molecule has 0 aromatic heterocycles. The molecule has 0 aliphatic carbocycles. The Balaban J connectivity index is 2.24. The van der Waals surface area contributed by atoms with Crippen molar-refractivity contribution in [3.63, 3.8) is 0 Å². The van der Waals surface area contributed by atoms with Crippen molar-refractivity contribution in [1.29, 1.82) is 0 Å². The summed E-state index contributed by atoms with van der Waals surface area (Å²) in [6.45, 7) is 2.19. The van der Waals surface area contributed by atoms with Crippen LogP contribution in [-0.2, 0) is 11.2 Å². The van der Waals surface area contributed by atoms with Crippen LogP contribution in [0.4, 0.5) is 0 Å². The molecule has 2 rings (SSSR count). The summed E-state index contributed by atoms with van der Waals surface area (Å²) >= 11 is 0. The average molecular weight is 284 g/mol. The number of benzene rings is 2. The lowest BCUT2D eigenvalue weighted by Crippen LogP contribution is -2.33. The van der Waals surface area contributed by atoms with Crippen molar-refractivity contribution < 1.29 is 4.74 Å². The van der Waals surface area contributed by atoms with Gasteiger partial charge in [-0.3, -0.25) is 11.3 Å². The highest BCUT2D eigenvalue weighted by Crippen LogP contribution is 2.31. The number of methoxy groups -OCH3 is 1. The summed E-state index contributed by atoms with van der Waals surface area (Å²) in [5, 5.41) is 0. The number of aryl methyl sites for hydroxylation is 1. The van der Waals surface area contributed by atoms with Gasteiger partial charge in [0.05, 0.1) is 6.04 Å². The van der Waals surface area contributed by atoms with E-state index in [-0.39, 0.29) is 12.1 Å². The van der Waals surface area contributed by atoms with E-state index in [4.69, 9.17) is 10.6 Å². The predicted molar refractivity (Wildman–Crippen MR) is 86.7 cm³/mol. The summed E-state index contributed by atoms with van der Waals surface area (Å²) < 4.78 is 5.68. The van der Waals surface area contributed by atoms with Gasteiger partial charge in [-0.1, -0.05) is 67.9 Å². The van der Waals surface area contributed by atoms with Gasteiger partial charge in [-0.25, -0.2) is 0 Å². The molecule has 0 radical (unpaired) electrons. The molecule has 0 aliphatic heterocycles. The van der Waals surface area contributed by atoms with Crippen LogP contribution in [0.5, 0.6) is 0 Å². The first-order valence-electron chi connectivity index (χ1n) is 7.42. The summed E-state index contributed by atoms with van der Waals surface area (Å²) in [5.74, 6) is 5.79. The Bertz CT molecular complexity index is 525. The summed E-state index contributed by atoms with van der Waals surface area (Å²) in [5.41, 5.74) is 6.49. The number of nitrogens with two attached hydrogens (primary N) is 1. The number of rotatable bonds is 7. The molecule has 0 fully saturated rings. The third-order valence-electron chi connectivity index (χ3n) is 3.74. The van der Waals surface area contributed by atoms with E-state index >= 15 is 0 Å². The fraction of sp³-hybridized carbons (Fsp3) is 0.333. The van der Waals surface area contributed by atoms with E-state index in [9.17, 15) is 0 Å². The number of hydrogen-bond donors (Lipinski definition) is 2. The fourth-order valence-corrected chi connectivity index (χ4v) is 2.65. The quantitative estimate of drug-likeness (QED) is 0.604. The third kappa shape index (κ3) is 3.91. The van der Waals surface area contributed by atoms with Gasteiger partial charge in [0.15, 0.2) is 0 Å². The van der Waals surface area contributed by atoms with Gasteiger partial charge in [-0.15, -0.1) is 0 Å². The van der Waals surface area contributed by atoms with Crippen LogP contribution in [0.3, 0.4) is 0 Å². The van der Waals surface area contributed by atoms with Crippen LogP contribution in [-0.4, -0.2) is 7.11 Å². The van der Waals surface area contributed by atoms with E-state index < -0.39 is 0 Å². The molecule has 112 valence electrons. The summed E-state index contributed by atoms with van der Waals surface area (Å²) in [7, 11) is 1.72. The smallest absolute Gasteiger partial charge is 0.103 e. The highest BCUT2D eigenvalue weighted by atomic mass is 16.5. The fourth-order valence-electron chi connectivity index (χ4n) is 2.65. The normalized spacial score (nSPS) is 13.9. The Morgan fingerprint density at radius 3 is 2.19 bits per heavy atom. The summed E-state index contributed by atoms with van der Waals surface area (Å²) in [6, 6.07) is 18.7. The van der Waals surface area contributed by atoms with Crippen LogP contribution in [0.1, 0.15) is 42.2 Å². The SMILES string of the molecule is CCCc1ccc(C(NN)C(OC)c2ccccc2)cc1. The molecule has 0 saturated heterocycles. The molecule has 0 spiro atoms. The lowest BCUT2D eigenvalue weighted by molar-refractivity contribution is 0.0676.